The topological polar surface area (TPSA) is 78.8 Å². The van der Waals surface area contributed by atoms with Crippen molar-refractivity contribution in [1.29, 1.82) is 5.26 Å². The number of nitrogens with zero attached hydrogens (tertiary/aromatic N) is 4. The van der Waals surface area contributed by atoms with Crippen LogP contribution in [-0.4, -0.2) is 23.1 Å². The van der Waals surface area contributed by atoms with Crippen LogP contribution in [0.4, 0.5) is 11.6 Å². The predicted octanol–water partition coefficient (Wildman–Crippen LogP) is 1.74. The first-order chi connectivity index (χ1) is 8.02. The molecule has 0 unspecified atom stereocenters. The Labute approximate surface area is 102 Å². The average Bonchev–Trinajstić information content (AvgIpc) is 2.22. The molecule has 1 aromatic heterocycles. The summed E-state index contributed by atoms with van der Waals surface area (Å²) >= 11 is 0. The van der Waals surface area contributed by atoms with Crippen LogP contribution in [0.3, 0.4) is 0 Å². The smallest absolute Gasteiger partial charge is 0.134 e. The van der Waals surface area contributed by atoms with Gasteiger partial charge in [0, 0.05) is 19.2 Å². The quantitative estimate of drug-likeness (QED) is 0.838. The Hall–Kier alpha value is -1.83. The summed E-state index contributed by atoms with van der Waals surface area (Å²) in [6.07, 6.45) is 0.482. The van der Waals surface area contributed by atoms with Crippen LogP contribution in [0.15, 0.2) is 6.07 Å². The molecule has 0 aliphatic heterocycles. The van der Waals surface area contributed by atoms with Crippen LogP contribution in [0.25, 0.3) is 0 Å². The zero-order valence-corrected chi connectivity index (χ0v) is 10.6. The zero-order chi connectivity index (χ0) is 12.8. The molecule has 0 aliphatic rings. The van der Waals surface area contributed by atoms with E-state index in [1.807, 2.05) is 6.92 Å². The molecule has 0 amide bonds. The van der Waals surface area contributed by atoms with Crippen molar-refractivity contribution in [3.8, 4) is 6.07 Å². The van der Waals surface area contributed by atoms with Crippen LogP contribution in [-0.2, 0) is 0 Å². The lowest BCUT2D eigenvalue weighted by Gasteiger charge is -2.24. The summed E-state index contributed by atoms with van der Waals surface area (Å²) in [5.74, 6) is 2.44. The second kappa shape index (κ2) is 6.04. The Morgan fingerprint density at radius 1 is 1.47 bits per heavy atom. The lowest BCUT2D eigenvalue weighted by Crippen LogP contribution is -2.29. The van der Waals surface area contributed by atoms with Gasteiger partial charge in [0.25, 0.3) is 0 Å². The van der Waals surface area contributed by atoms with E-state index in [1.165, 1.54) is 0 Å². The van der Waals surface area contributed by atoms with Crippen molar-refractivity contribution in [2.45, 2.75) is 27.2 Å². The first kappa shape index (κ1) is 13.2. The number of hydrogen-bond donors (Lipinski definition) is 1. The number of aryl methyl sites for hydroxylation is 1. The lowest BCUT2D eigenvalue weighted by atomic mass is 10.2. The minimum atomic E-state index is 0.471. The van der Waals surface area contributed by atoms with Gasteiger partial charge in [-0.05, 0) is 12.8 Å². The summed E-state index contributed by atoms with van der Waals surface area (Å²) in [6.45, 7) is 7.62. The third-order valence-electron chi connectivity index (χ3n) is 2.25. The van der Waals surface area contributed by atoms with Crippen LogP contribution >= 0.6 is 0 Å². The van der Waals surface area contributed by atoms with Crippen LogP contribution in [0.1, 0.15) is 26.1 Å². The summed E-state index contributed by atoms with van der Waals surface area (Å²) in [5.41, 5.74) is 5.71. The predicted molar refractivity (Wildman–Crippen MR) is 68.5 cm³/mol. The second-order valence-electron chi connectivity index (χ2n) is 4.45. The van der Waals surface area contributed by atoms with Gasteiger partial charge < -0.3 is 10.6 Å². The van der Waals surface area contributed by atoms with E-state index in [9.17, 15) is 0 Å². The Balaban J connectivity index is 2.91. The molecule has 0 spiro atoms. The molecule has 0 aromatic carbocycles. The SMILES string of the molecule is Cc1nc(N)cc(N(CCC#N)CC(C)C)n1. The van der Waals surface area contributed by atoms with Gasteiger partial charge in [-0.2, -0.15) is 5.26 Å². The van der Waals surface area contributed by atoms with Crippen molar-refractivity contribution in [2.75, 3.05) is 23.7 Å². The van der Waals surface area contributed by atoms with Gasteiger partial charge in [-0.15, -0.1) is 0 Å². The molecular weight excluding hydrogens is 214 g/mol. The maximum atomic E-state index is 8.67. The van der Waals surface area contributed by atoms with Gasteiger partial charge >= 0.3 is 0 Å². The Kier molecular flexibility index (Phi) is 4.70. The van der Waals surface area contributed by atoms with E-state index in [1.54, 1.807) is 6.07 Å². The second-order valence-corrected chi connectivity index (χ2v) is 4.45. The van der Waals surface area contributed by atoms with E-state index in [4.69, 9.17) is 11.0 Å². The van der Waals surface area contributed by atoms with E-state index >= 15 is 0 Å². The first-order valence-corrected chi connectivity index (χ1v) is 5.76. The van der Waals surface area contributed by atoms with Gasteiger partial charge in [0.15, 0.2) is 0 Å². The monoisotopic (exact) mass is 233 g/mol. The molecule has 0 atom stereocenters. The lowest BCUT2D eigenvalue weighted by molar-refractivity contribution is 0.607. The number of nitrogen functional groups attached to an aromatic ring is 1. The minimum absolute atomic E-state index is 0.471. The summed E-state index contributed by atoms with van der Waals surface area (Å²) in [4.78, 5) is 10.5. The van der Waals surface area contributed by atoms with Gasteiger partial charge in [-0.3, -0.25) is 0 Å². The molecule has 0 aliphatic carbocycles. The summed E-state index contributed by atoms with van der Waals surface area (Å²) in [5, 5.41) is 8.67. The molecule has 0 bridgehead atoms. The van der Waals surface area contributed by atoms with E-state index in [2.05, 4.69) is 34.8 Å². The minimum Gasteiger partial charge on any atom is -0.384 e. The molecule has 5 heteroatoms. The number of aromatic nitrogens is 2. The van der Waals surface area contributed by atoms with Crippen LogP contribution in [0.2, 0.25) is 0 Å². The maximum absolute atomic E-state index is 8.67. The Morgan fingerprint density at radius 3 is 2.71 bits per heavy atom. The largest absolute Gasteiger partial charge is 0.384 e. The first-order valence-electron chi connectivity index (χ1n) is 5.76. The molecule has 1 heterocycles. The van der Waals surface area contributed by atoms with Crippen molar-refractivity contribution in [1.82, 2.24) is 9.97 Å². The molecular formula is C12H19N5. The summed E-state index contributed by atoms with van der Waals surface area (Å²) in [6, 6.07) is 3.91. The van der Waals surface area contributed by atoms with Gasteiger partial charge in [0.2, 0.25) is 0 Å². The molecule has 0 saturated carbocycles. The molecule has 2 N–H and O–H groups in total. The van der Waals surface area contributed by atoms with Crippen LogP contribution in [0, 0.1) is 24.2 Å². The van der Waals surface area contributed by atoms with Gasteiger partial charge in [-0.25, -0.2) is 9.97 Å². The molecule has 0 saturated heterocycles. The Bertz CT molecular complexity index is 388. The molecule has 92 valence electrons. The summed E-state index contributed by atoms with van der Waals surface area (Å²) < 4.78 is 0. The van der Waals surface area contributed by atoms with Crippen molar-refractivity contribution >= 4 is 11.6 Å². The number of nitriles is 1. The van der Waals surface area contributed by atoms with Crippen LogP contribution < -0.4 is 10.6 Å². The van der Waals surface area contributed by atoms with E-state index in [0.717, 1.165) is 12.4 Å². The molecule has 0 fully saturated rings. The fourth-order valence-corrected chi connectivity index (χ4v) is 1.66. The highest BCUT2D eigenvalue weighted by Gasteiger charge is 2.11. The third-order valence-corrected chi connectivity index (χ3v) is 2.25. The molecule has 0 radical (unpaired) electrons. The van der Waals surface area contributed by atoms with Gasteiger partial charge in [0.1, 0.15) is 17.5 Å². The van der Waals surface area contributed by atoms with Crippen molar-refractivity contribution in [3.63, 3.8) is 0 Å². The van der Waals surface area contributed by atoms with Crippen LogP contribution in [0.5, 0.6) is 0 Å². The normalized spacial score (nSPS) is 10.3. The highest BCUT2D eigenvalue weighted by Crippen LogP contribution is 2.15. The number of hydrogen-bond acceptors (Lipinski definition) is 5. The van der Waals surface area contributed by atoms with Crippen molar-refractivity contribution in [3.05, 3.63) is 11.9 Å². The highest BCUT2D eigenvalue weighted by atomic mass is 15.2. The van der Waals surface area contributed by atoms with Crippen molar-refractivity contribution < 1.29 is 0 Å². The Morgan fingerprint density at radius 2 is 2.18 bits per heavy atom. The third kappa shape index (κ3) is 4.27. The number of anilines is 2. The molecule has 5 nitrogen and oxygen atoms in total. The molecule has 1 rings (SSSR count). The van der Waals surface area contributed by atoms with E-state index in [-0.39, 0.29) is 0 Å². The highest BCUT2D eigenvalue weighted by molar-refractivity contribution is 5.47. The number of rotatable bonds is 5. The fourth-order valence-electron chi connectivity index (χ4n) is 1.66. The van der Waals surface area contributed by atoms with E-state index in [0.29, 0.717) is 30.5 Å². The van der Waals surface area contributed by atoms with Crippen molar-refractivity contribution in [2.24, 2.45) is 5.92 Å². The standard InChI is InChI=1S/C12H19N5/c1-9(2)8-17(6-4-5-13)12-7-11(14)15-10(3)16-12/h7,9H,4,6,8H2,1-3H3,(H2,14,15,16). The molecule has 1 aromatic rings. The number of nitrogens with two attached hydrogens (primary N) is 1. The zero-order valence-electron chi connectivity index (χ0n) is 10.6. The van der Waals surface area contributed by atoms with Gasteiger partial charge in [-0.1, -0.05) is 13.8 Å². The fraction of sp³-hybridized carbons (Fsp3) is 0.583. The van der Waals surface area contributed by atoms with Gasteiger partial charge in [0.05, 0.1) is 12.5 Å². The van der Waals surface area contributed by atoms with E-state index < -0.39 is 0 Å². The maximum Gasteiger partial charge on any atom is 0.134 e. The summed E-state index contributed by atoms with van der Waals surface area (Å²) in [7, 11) is 0. The average molecular weight is 233 g/mol. The molecule has 17 heavy (non-hydrogen) atoms.